The molecule has 0 aliphatic carbocycles. The maximum Gasteiger partial charge on any atom is 0.233 e. The van der Waals surface area contributed by atoms with E-state index in [9.17, 15) is 4.79 Å². The van der Waals surface area contributed by atoms with E-state index in [1.54, 1.807) is 24.5 Å². The number of anilines is 1. The summed E-state index contributed by atoms with van der Waals surface area (Å²) in [5, 5.41) is 2.76. The summed E-state index contributed by atoms with van der Waals surface area (Å²) in [6.07, 6.45) is 3.69. The first-order valence-electron chi connectivity index (χ1n) is 8.29. The molecule has 0 aliphatic rings. The number of rotatable bonds is 4. The van der Waals surface area contributed by atoms with Crippen molar-refractivity contribution < 1.29 is 4.79 Å². The van der Waals surface area contributed by atoms with Crippen LogP contribution in [0.5, 0.6) is 0 Å². The van der Waals surface area contributed by atoms with Crippen LogP contribution in [0.25, 0.3) is 23.0 Å². The van der Waals surface area contributed by atoms with Crippen molar-refractivity contribution in [3.05, 3.63) is 48.8 Å². The molecule has 0 fully saturated rings. The number of nitrogens with zero attached hydrogens (tertiary/aromatic N) is 5. The van der Waals surface area contributed by atoms with Crippen molar-refractivity contribution in [1.29, 1.82) is 0 Å². The first kappa shape index (κ1) is 17.6. The van der Waals surface area contributed by atoms with Crippen molar-refractivity contribution in [2.45, 2.75) is 27.2 Å². The topological polar surface area (TPSA) is 93.6 Å². The van der Waals surface area contributed by atoms with E-state index in [0.29, 0.717) is 29.5 Å². The van der Waals surface area contributed by atoms with Gasteiger partial charge in [0.1, 0.15) is 11.4 Å². The summed E-state index contributed by atoms with van der Waals surface area (Å²) in [4.78, 5) is 34.0. The van der Waals surface area contributed by atoms with Crippen molar-refractivity contribution in [2.24, 2.45) is 5.41 Å². The van der Waals surface area contributed by atoms with Crippen LogP contribution < -0.4 is 5.32 Å². The normalized spacial score (nSPS) is 11.2. The molecule has 1 N–H and O–H groups in total. The van der Waals surface area contributed by atoms with Crippen LogP contribution in [0.2, 0.25) is 0 Å². The highest BCUT2D eigenvalue weighted by Gasteiger charge is 2.18. The summed E-state index contributed by atoms with van der Waals surface area (Å²) in [7, 11) is 0. The Kier molecular flexibility index (Phi) is 4.97. The summed E-state index contributed by atoms with van der Waals surface area (Å²) in [6.45, 7) is 6.00. The molecule has 0 spiro atoms. The average Bonchev–Trinajstić information content (AvgIpc) is 2.61. The maximum atomic E-state index is 12.3. The summed E-state index contributed by atoms with van der Waals surface area (Å²) in [5.74, 6) is 0.804. The molecule has 26 heavy (non-hydrogen) atoms. The van der Waals surface area contributed by atoms with Gasteiger partial charge in [0.15, 0.2) is 11.6 Å². The van der Waals surface area contributed by atoms with Crippen LogP contribution in [0.1, 0.15) is 27.2 Å². The summed E-state index contributed by atoms with van der Waals surface area (Å²) < 4.78 is 0. The van der Waals surface area contributed by atoms with Gasteiger partial charge in [0.2, 0.25) is 11.9 Å². The molecule has 7 nitrogen and oxygen atoms in total. The van der Waals surface area contributed by atoms with Crippen LogP contribution in [0, 0.1) is 5.41 Å². The zero-order valence-electron chi connectivity index (χ0n) is 15.0. The van der Waals surface area contributed by atoms with Gasteiger partial charge in [-0.25, -0.2) is 4.98 Å². The Morgan fingerprint density at radius 3 is 1.85 bits per heavy atom. The smallest absolute Gasteiger partial charge is 0.233 e. The van der Waals surface area contributed by atoms with Crippen LogP contribution in [0.3, 0.4) is 0 Å². The molecule has 3 heterocycles. The Morgan fingerprint density at radius 2 is 1.42 bits per heavy atom. The minimum Gasteiger partial charge on any atom is -0.294 e. The van der Waals surface area contributed by atoms with Gasteiger partial charge >= 0.3 is 0 Å². The lowest BCUT2D eigenvalue weighted by molar-refractivity contribution is -0.117. The Morgan fingerprint density at radius 1 is 0.885 bits per heavy atom. The quantitative estimate of drug-likeness (QED) is 0.777. The molecule has 3 rings (SSSR count). The number of carbonyl (C=O) groups is 1. The zero-order chi connectivity index (χ0) is 18.6. The van der Waals surface area contributed by atoms with Crippen LogP contribution in [0.15, 0.2) is 48.8 Å². The number of hydrogen-bond donors (Lipinski definition) is 1. The average molecular weight is 348 g/mol. The second-order valence-corrected chi connectivity index (χ2v) is 7.02. The lowest BCUT2D eigenvalue weighted by Crippen LogP contribution is -2.21. The van der Waals surface area contributed by atoms with Crippen molar-refractivity contribution in [3.63, 3.8) is 0 Å². The number of amides is 1. The molecular weight excluding hydrogens is 328 g/mol. The van der Waals surface area contributed by atoms with E-state index < -0.39 is 0 Å². The molecule has 7 heteroatoms. The van der Waals surface area contributed by atoms with E-state index >= 15 is 0 Å². The molecule has 0 aromatic carbocycles. The minimum absolute atomic E-state index is 0.134. The fourth-order valence-corrected chi connectivity index (χ4v) is 2.30. The van der Waals surface area contributed by atoms with E-state index in [1.807, 2.05) is 45.0 Å². The molecule has 0 saturated heterocycles. The monoisotopic (exact) mass is 348 g/mol. The van der Waals surface area contributed by atoms with E-state index in [2.05, 4.69) is 30.2 Å². The van der Waals surface area contributed by atoms with Crippen LogP contribution >= 0.6 is 0 Å². The van der Waals surface area contributed by atoms with Crippen molar-refractivity contribution in [3.8, 4) is 23.0 Å². The molecule has 3 aromatic heterocycles. The highest BCUT2D eigenvalue weighted by Crippen LogP contribution is 2.21. The van der Waals surface area contributed by atoms with Crippen molar-refractivity contribution >= 4 is 11.9 Å². The fraction of sp³-hybridized carbons (Fsp3) is 0.263. The minimum atomic E-state index is -0.150. The van der Waals surface area contributed by atoms with Gasteiger partial charge in [0, 0.05) is 18.8 Å². The summed E-state index contributed by atoms with van der Waals surface area (Å²) >= 11 is 0. The van der Waals surface area contributed by atoms with Crippen LogP contribution in [-0.4, -0.2) is 30.8 Å². The molecule has 0 radical (unpaired) electrons. The first-order chi connectivity index (χ1) is 12.4. The second-order valence-electron chi connectivity index (χ2n) is 7.02. The second kappa shape index (κ2) is 7.35. The van der Waals surface area contributed by atoms with Crippen LogP contribution in [-0.2, 0) is 4.79 Å². The lowest BCUT2D eigenvalue weighted by atomic mass is 9.92. The van der Waals surface area contributed by atoms with Gasteiger partial charge in [-0.05, 0) is 29.7 Å². The van der Waals surface area contributed by atoms with Gasteiger partial charge in [0.25, 0.3) is 0 Å². The highest BCUT2D eigenvalue weighted by molar-refractivity contribution is 5.89. The molecular formula is C19H20N6O. The predicted molar refractivity (Wildman–Crippen MR) is 99.0 cm³/mol. The number of carbonyl (C=O) groups excluding carboxylic acids is 1. The number of pyridine rings is 2. The number of aromatic nitrogens is 5. The van der Waals surface area contributed by atoms with Gasteiger partial charge in [-0.1, -0.05) is 32.9 Å². The molecule has 0 saturated carbocycles. The molecule has 132 valence electrons. The summed E-state index contributed by atoms with van der Waals surface area (Å²) in [6, 6.07) is 10.9. The first-order valence-corrected chi connectivity index (χ1v) is 8.29. The van der Waals surface area contributed by atoms with Crippen molar-refractivity contribution in [1.82, 2.24) is 24.9 Å². The predicted octanol–water partition coefficient (Wildman–Crippen LogP) is 3.37. The Hall–Kier alpha value is -3.22. The highest BCUT2D eigenvalue weighted by atomic mass is 16.1. The Bertz CT molecular complexity index is 833. The third kappa shape index (κ3) is 4.66. The molecule has 3 aromatic rings. The van der Waals surface area contributed by atoms with Gasteiger partial charge < -0.3 is 0 Å². The molecule has 1 amide bonds. The molecule has 0 aliphatic heterocycles. The van der Waals surface area contributed by atoms with Gasteiger partial charge in [0.05, 0.1) is 0 Å². The van der Waals surface area contributed by atoms with E-state index in [-0.39, 0.29) is 17.3 Å². The molecule has 0 unspecified atom stereocenters. The van der Waals surface area contributed by atoms with Gasteiger partial charge in [-0.3, -0.25) is 20.1 Å². The van der Waals surface area contributed by atoms with E-state index in [1.165, 1.54) is 0 Å². The van der Waals surface area contributed by atoms with Gasteiger partial charge in [-0.2, -0.15) is 9.97 Å². The van der Waals surface area contributed by atoms with Crippen molar-refractivity contribution in [2.75, 3.05) is 5.32 Å². The fourth-order valence-electron chi connectivity index (χ4n) is 2.30. The number of nitrogens with one attached hydrogen (secondary N) is 1. The Balaban J connectivity index is 1.99. The lowest BCUT2D eigenvalue weighted by Gasteiger charge is -2.17. The standard InChI is InChI=1S/C19H20N6O/c1-19(2,3)12-15(26)22-18-24-16(13-8-4-6-10-20-13)23-17(25-18)14-9-5-7-11-21-14/h4-11H,12H2,1-3H3,(H,22,23,24,25,26). The summed E-state index contributed by atoms with van der Waals surface area (Å²) in [5.41, 5.74) is 1.06. The zero-order valence-corrected chi connectivity index (χ0v) is 15.0. The molecule has 0 atom stereocenters. The Labute approximate surface area is 152 Å². The van der Waals surface area contributed by atoms with Gasteiger partial charge in [-0.15, -0.1) is 0 Å². The molecule has 0 bridgehead atoms. The number of hydrogen-bond acceptors (Lipinski definition) is 6. The third-order valence-electron chi connectivity index (χ3n) is 3.37. The third-order valence-corrected chi connectivity index (χ3v) is 3.37. The van der Waals surface area contributed by atoms with Crippen LogP contribution in [0.4, 0.5) is 5.95 Å². The largest absolute Gasteiger partial charge is 0.294 e. The maximum absolute atomic E-state index is 12.3. The van der Waals surface area contributed by atoms with E-state index in [0.717, 1.165) is 0 Å². The SMILES string of the molecule is CC(C)(C)CC(=O)Nc1nc(-c2ccccn2)nc(-c2ccccn2)n1. The van der Waals surface area contributed by atoms with E-state index in [4.69, 9.17) is 0 Å².